The van der Waals surface area contributed by atoms with Crippen molar-refractivity contribution in [2.24, 2.45) is 0 Å². The van der Waals surface area contributed by atoms with Crippen molar-refractivity contribution in [2.45, 2.75) is 56.6 Å². The standard InChI is InChI=1S/C24H27N5O2S/c1-4-5-15-28-22(31)19-13-9-10-14-20(19)29-23(28)26-27-24(29)32-17(3)21(30)25-16(2)18-11-7-6-8-12-18/h6-14,16-17H,4-5,15H2,1-3H3,(H,25,30). The molecule has 0 fully saturated rings. The third-order valence-electron chi connectivity index (χ3n) is 5.52. The van der Waals surface area contributed by atoms with Gasteiger partial charge in [0.15, 0.2) is 5.16 Å². The number of aromatic nitrogens is 4. The molecular formula is C24H27N5O2S. The molecule has 166 valence electrons. The Morgan fingerprint density at radius 1 is 1.06 bits per heavy atom. The highest BCUT2D eigenvalue weighted by Crippen LogP contribution is 2.26. The van der Waals surface area contributed by atoms with Crippen LogP contribution in [0.15, 0.2) is 64.5 Å². The number of fused-ring (bicyclic) bond motifs is 3. The average molecular weight is 450 g/mol. The van der Waals surface area contributed by atoms with Crippen LogP contribution in [0.5, 0.6) is 0 Å². The smallest absolute Gasteiger partial charge is 0.262 e. The summed E-state index contributed by atoms with van der Waals surface area (Å²) in [4.78, 5) is 25.9. The molecule has 0 saturated heterocycles. The number of hydrogen-bond donors (Lipinski definition) is 1. The highest BCUT2D eigenvalue weighted by Gasteiger charge is 2.22. The molecule has 0 radical (unpaired) electrons. The van der Waals surface area contributed by atoms with Crippen molar-refractivity contribution >= 4 is 34.3 Å². The Morgan fingerprint density at radius 3 is 2.53 bits per heavy atom. The third kappa shape index (κ3) is 4.27. The van der Waals surface area contributed by atoms with Gasteiger partial charge in [0.2, 0.25) is 11.7 Å². The fourth-order valence-corrected chi connectivity index (χ4v) is 4.56. The second kappa shape index (κ2) is 9.56. The molecule has 4 aromatic rings. The fourth-order valence-electron chi connectivity index (χ4n) is 3.70. The summed E-state index contributed by atoms with van der Waals surface area (Å²) in [5.74, 6) is 0.432. The number of benzene rings is 2. The van der Waals surface area contributed by atoms with Crippen molar-refractivity contribution in [1.82, 2.24) is 24.5 Å². The monoisotopic (exact) mass is 449 g/mol. The van der Waals surface area contributed by atoms with E-state index in [1.807, 2.05) is 72.8 Å². The van der Waals surface area contributed by atoms with Gasteiger partial charge in [0.25, 0.3) is 5.56 Å². The summed E-state index contributed by atoms with van der Waals surface area (Å²) in [6, 6.07) is 17.2. The maximum atomic E-state index is 13.1. The van der Waals surface area contributed by atoms with E-state index in [-0.39, 0.29) is 22.8 Å². The predicted molar refractivity (Wildman–Crippen MR) is 128 cm³/mol. The lowest BCUT2D eigenvalue weighted by atomic mass is 10.1. The SMILES string of the molecule is CCCCn1c(=O)c2ccccc2n2c(SC(C)C(=O)NC(C)c3ccccc3)nnc12. The molecule has 0 bridgehead atoms. The molecule has 1 amide bonds. The number of thioether (sulfide) groups is 1. The number of nitrogens with one attached hydrogen (secondary N) is 1. The zero-order chi connectivity index (χ0) is 22.7. The first-order valence-corrected chi connectivity index (χ1v) is 11.8. The molecule has 0 spiro atoms. The van der Waals surface area contributed by atoms with Crippen molar-refractivity contribution in [1.29, 1.82) is 0 Å². The van der Waals surface area contributed by atoms with Gasteiger partial charge in [0.05, 0.1) is 22.2 Å². The summed E-state index contributed by atoms with van der Waals surface area (Å²) in [5.41, 5.74) is 1.74. The highest BCUT2D eigenvalue weighted by atomic mass is 32.2. The van der Waals surface area contributed by atoms with Gasteiger partial charge in [-0.05, 0) is 38.0 Å². The summed E-state index contributed by atoms with van der Waals surface area (Å²) in [5, 5.41) is 12.6. The number of hydrogen-bond acceptors (Lipinski definition) is 5. The largest absolute Gasteiger partial charge is 0.349 e. The van der Waals surface area contributed by atoms with E-state index >= 15 is 0 Å². The fraction of sp³-hybridized carbons (Fsp3) is 0.333. The van der Waals surface area contributed by atoms with Crippen LogP contribution in [-0.4, -0.2) is 30.3 Å². The Hall–Kier alpha value is -3.13. The van der Waals surface area contributed by atoms with Crippen molar-refractivity contribution in [3.05, 3.63) is 70.5 Å². The van der Waals surface area contributed by atoms with E-state index in [1.165, 1.54) is 11.8 Å². The third-order valence-corrected chi connectivity index (χ3v) is 6.57. The Kier molecular flexibility index (Phi) is 6.60. The molecule has 4 rings (SSSR count). The van der Waals surface area contributed by atoms with Crippen molar-refractivity contribution in [3.63, 3.8) is 0 Å². The lowest BCUT2D eigenvalue weighted by Gasteiger charge is -2.17. The molecule has 2 aromatic heterocycles. The maximum Gasteiger partial charge on any atom is 0.262 e. The molecule has 32 heavy (non-hydrogen) atoms. The summed E-state index contributed by atoms with van der Waals surface area (Å²) >= 11 is 1.34. The van der Waals surface area contributed by atoms with Gasteiger partial charge in [-0.25, -0.2) is 0 Å². The van der Waals surface area contributed by atoms with Crippen molar-refractivity contribution in [2.75, 3.05) is 0 Å². The number of para-hydroxylation sites is 1. The van der Waals surface area contributed by atoms with Gasteiger partial charge in [-0.2, -0.15) is 0 Å². The number of aryl methyl sites for hydroxylation is 1. The van der Waals surface area contributed by atoms with Gasteiger partial charge in [-0.3, -0.25) is 18.6 Å². The molecule has 0 saturated carbocycles. The van der Waals surface area contributed by atoms with E-state index < -0.39 is 0 Å². The summed E-state index contributed by atoms with van der Waals surface area (Å²) < 4.78 is 3.58. The zero-order valence-corrected chi connectivity index (χ0v) is 19.3. The van der Waals surface area contributed by atoms with Gasteiger partial charge in [0, 0.05) is 6.54 Å². The maximum absolute atomic E-state index is 13.1. The second-order valence-corrected chi connectivity index (χ2v) is 9.15. The van der Waals surface area contributed by atoms with Crippen LogP contribution in [0.1, 0.15) is 45.2 Å². The van der Waals surface area contributed by atoms with Crippen LogP contribution in [0.4, 0.5) is 0 Å². The van der Waals surface area contributed by atoms with Crippen LogP contribution in [0.25, 0.3) is 16.7 Å². The van der Waals surface area contributed by atoms with Gasteiger partial charge < -0.3 is 5.32 Å². The first-order chi connectivity index (χ1) is 15.5. The van der Waals surface area contributed by atoms with E-state index in [9.17, 15) is 9.59 Å². The average Bonchev–Trinajstić information content (AvgIpc) is 3.23. The second-order valence-electron chi connectivity index (χ2n) is 7.85. The number of amides is 1. The number of unbranched alkanes of at least 4 members (excludes halogenated alkanes) is 1. The number of carbonyl (C=O) groups is 1. The Bertz CT molecular complexity index is 1300. The summed E-state index contributed by atoms with van der Waals surface area (Å²) in [6.07, 6.45) is 1.84. The Morgan fingerprint density at radius 2 is 1.78 bits per heavy atom. The molecule has 2 heterocycles. The van der Waals surface area contributed by atoms with Gasteiger partial charge in [-0.1, -0.05) is 67.6 Å². The number of rotatable bonds is 8. The lowest BCUT2D eigenvalue weighted by Crippen LogP contribution is -2.33. The van der Waals surface area contributed by atoms with Crippen LogP contribution in [0.2, 0.25) is 0 Å². The van der Waals surface area contributed by atoms with Gasteiger partial charge in [0.1, 0.15) is 0 Å². The van der Waals surface area contributed by atoms with Crippen LogP contribution >= 0.6 is 11.8 Å². The molecule has 2 atom stereocenters. The molecule has 1 N–H and O–H groups in total. The molecule has 8 heteroatoms. The molecule has 7 nitrogen and oxygen atoms in total. The van der Waals surface area contributed by atoms with Gasteiger partial charge in [-0.15, -0.1) is 10.2 Å². The minimum absolute atomic E-state index is 0.0621. The molecule has 0 aliphatic rings. The first-order valence-electron chi connectivity index (χ1n) is 10.9. The quantitative estimate of drug-likeness (QED) is 0.408. The molecule has 2 aromatic carbocycles. The predicted octanol–water partition coefficient (Wildman–Crippen LogP) is 4.20. The van der Waals surface area contributed by atoms with E-state index in [2.05, 4.69) is 22.4 Å². The lowest BCUT2D eigenvalue weighted by molar-refractivity contribution is -0.120. The van der Waals surface area contributed by atoms with Crippen LogP contribution in [0, 0.1) is 0 Å². The van der Waals surface area contributed by atoms with E-state index in [4.69, 9.17) is 0 Å². The van der Waals surface area contributed by atoms with Crippen molar-refractivity contribution in [3.8, 4) is 0 Å². The normalized spacial score (nSPS) is 13.3. The van der Waals surface area contributed by atoms with Crippen molar-refractivity contribution < 1.29 is 4.79 Å². The first kappa shape index (κ1) is 22.1. The summed E-state index contributed by atoms with van der Waals surface area (Å²) in [7, 11) is 0. The van der Waals surface area contributed by atoms with E-state index in [0.29, 0.717) is 22.9 Å². The Balaban J connectivity index is 1.65. The number of nitrogens with zero attached hydrogens (tertiary/aromatic N) is 4. The minimum Gasteiger partial charge on any atom is -0.349 e. The summed E-state index contributed by atoms with van der Waals surface area (Å²) in [6.45, 7) is 6.49. The van der Waals surface area contributed by atoms with Crippen LogP contribution < -0.4 is 10.9 Å². The number of carbonyl (C=O) groups excluding carboxylic acids is 1. The topological polar surface area (TPSA) is 81.3 Å². The Labute approximate surface area is 190 Å². The van der Waals surface area contributed by atoms with Gasteiger partial charge >= 0.3 is 0 Å². The van der Waals surface area contributed by atoms with E-state index in [0.717, 1.165) is 23.9 Å². The minimum atomic E-state index is -0.386. The molecule has 0 aliphatic heterocycles. The van der Waals surface area contributed by atoms with Crippen LogP contribution in [0.3, 0.4) is 0 Å². The molecule has 2 unspecified atom stereocenters. The molecular weight excluding hydrogens is 422 g/mol. The van der Waals surface area contributed by atoms with E-state index in [1.54, 1.807) is 4.57 Å². The zero-order valence-electron chi connectivity index (χ0n) is 18.5. The van der Waals surface area contributed by atoms with Crippen LogP contribution in [-0.2, 0) is 11.3 Å². The highest BCUT2D eigenvalue weighted by molar-refractivity contribution is 8.00. The molecule has 0 aliphatic carbocycles.